The molecule has 1 unspecified atom stereocenters. The molecule has 0 saturated carbocycles. The first-order valence-corrected chi connectivity index (χ1v) is 8.63. The van der Waals surface area contributed by atoms with Gasteiger partial charge in [-0.25, -0.2) is 0 Å². The van der Waals surface area contributed by atoms with E-state index in [9.17, 15) is 0 Å². The number of para-hydroxylation sites is 1. The van der Waals surface area contributed by atoms with Gasteiger partial charge in [-0.3, -0.25) is 0 Å². The topological polar surface area (TPSA) is 33.7 Å². The van der Waals surface area contributed by atoms with E-state index >= 15 is 0 Å². The maximum atomic E-state index is 5.76. The first-order chi connectivity index (χ1) is 10.9. The van der Waals surface area contributed by atoms with Crippen molar-refractivity contribution < 1.29 is 9.47 Å². The minimum Gasteiger partial charge on any atom is -0.382 e. The van der Waals surface area contributed by atoms with Crippen LogP contribution in [0.15, 0.2) is 30.3 Å². The maximum Gasteiger partial charge on any atom is 0.0809 e. The van der Waals surface area contributed by atoms with E-state index in [-0.39, 0.29) is 0 Å². The van der Waals surface area contributed by atoms with Gasteiger partial charge in [0.25, 0.3) is 0 Å². The van der Waals surface area contributed by atoms with Crippen molar-refractivity contribution in [1.29, 1.82) is 0 Å². The molecule has 2 aliphatic rings. The van der Waals surface area contributed by atoms with Crippen molar-refractivity contribution in [2.45, 2.75) is 37.8 Å². The van der Waals surface area contributed by atoms with Gasteiger partial charge in [0.1, 0.15) is 0 Å². The Bertz CT molecular complexity index is 412. The van der Waals surface area contributed by atoms with E-state index in [4.69, 9.17) is 9.47 Å². The van der Waals surface area contributed by atoms with Gasteiger partial charge in [0.05, 0.1) is 19.3 Å². The molecule has 1 aromatic carbocycles. The number of anilines is 1. The molecule has 0 aliphatic carbocycles. The van der Waals surface area contributed by atoms with Crippen LogP contribution in [0, 0.1) is 0 Å². The lowest BCUT2D eigenvalue weighted by molar-refractivity contribution is 0.00899. The fourth-order valence-electron chi connectivity index (χ4n) is 3.26. The molecule has 122 valence electrons. The molecule has 2 saturated heterocycles. The van der Waals surface area contributed by atoms with E-state index < -0.39 is 0 Å². The summed E-state index contributed by atoms with van der Waals surface area (Å²) < 4.78 is 11.3. The fourth-order valence-corrected chi connectivity index (χ4v) is 3.26. The molecule has 0 radical (unpaired) electrons. The number of hydrogen-bond donors (Lipinski definition) is 1. The second-order valence-corrected chi connectivity index (χ2v) is 6.34. The summed E-state index contributed by atoms with van der Waals surface area (Å²) in [5.74, 6) is 0. The van der Waals surface area contributed by atoms with Crippen molar-refractivity contribution in [3.63, 3.8) is 0 Å². The molecule has 3 rings (SSSR count). The Morgan fingerprint density at radius 3 is 2.68 bits per heavy atom. The number of nitrogens with zero attached hydrogens (tertiary/aromatic N) is 1. The van der Waals surface area contributed by atoms with Crippen LogP contribution in [0.1, 0.15) is 25.7 Å². The van der Waals surface area contributed by atoms with E-state index in [0.717, 1.165) is 45.9 Å². The van der Waals surface area contributed by atoms with E-state index in [1.807, 2.05) is 0 Å². The van der Waals surface area contributed by atoms with Crippen LogP contribution < -0.4 is 5.32 Å². The smallest absolute Gasteiger partial charge is 0.0809 e. The van der Waals surface area contributed by atoms with Gasteiger partial charge in [-0.05, 0) is 37.8 Å². The van der Waals surface area contributed by atoms with Gasteiger partial charge in [-0.1, -0.05) is 18.2 Å². The normalized spacial score (nSPS) is 23.7. The average Bonchev–Trinajstić information content (AvgIpc) is 3.07. The second kappa shape index (κ2) is 8.51. The zero-order valence-electron chi connectivity index (χ0n) is 13.4. The number of hydrogen-bond acceptors (Lipinski definition) is 4. The third-order valence-electron chi connectivity index (χ3n) is 4.61. The molecule has 0 aromatic heterocycles. The van der Waals surface area contributed by atoms with Crippen molar-refractivity contribution in [2.75, 3.05) is 44.8 Å². The van der Waals surface area contributed by atoms with Crippen molar-refractivity contribution in [2.24, 2.45) is 0 Å². The highest BCUT2D eigenvalue weighted by Crippen LogP contribution is 2.16. The lowest BCUT2D eigenvalue weighted by atomic mass is 10.0. The summed E-state index contributed by atoms with van der Waals surface area (Å²) in [6.45, 7) is 5.88. The van der Waals surface area contributed by atoms with Crippen LogP contribution in [0.5, 0.6) is 0 Å². The Morgan fingerprint density at radius 1 is 1.14 bits per heavy atom. The van der Waals surface area contributed by atoms with Gasteiger partial charge in [0.15, 0.2) is 0 Å². The van der Waals surface area contributed by atoms with Crippen LogP contribution in [0.3, 0.4) is 0 Å². The zero-order chi connectivity index (χ0) is 15.0. The van der Waals surface area contributed by atoms with Gasteiger partial charge >= 0.3 is 0 Å². The van der Waals surface area contributed by atoms with Crippen LogP contribution >= 0.6 is 0 Å². The molecule has 2 heterocycles. The van der Waals surface area contributed by atoms with E-state index in [0.29, 0.717) is 12.1 Å². The molecule has 4 nitrogen and oxygen atoms in total. The van der Waals surface area contributed by atoms with Gasteiger partial charge in [0, 0.05) is 38.0 Å². The molecule has 1 atom stereocenters. The molecule has 22 heavy (non-hydrogen) atoms. The maximum absolute atomic E-state index is 5.76. The lowest BCUT2D eigenvalue weighted by Gasteiger charge is -2.32. The molecule has 0 spiro atoms. The number of ether oxygens (including phenoxy) is 2. The van der Waals surface area contributed by atoms with Gasteiger partial charge in [-0.15, -0.1) is 0 Å². The highest BCUT2D eigenvalue weighted by molar-refractivity contribution is 5.43. The Kier molecular flexibility index (Phi) is 6.11. The second-order valence-electron chi connectivity index (χ2n) is 6.34. The highest BCUT2D eigenvalue weighted by Gasteiger charge is 2.19. The van der Waals surface area contributed by atoms with Crippen molar-refractivity contribution in [1.82, 2.24) is 4.90 Å². The standard InChI is InChI=1S/C18H28N2O2/c1-2-5-16(6-3-1)19-17-8-10-20(11-9-17)12-14-21-15-18-7-4-13-22-18/h1-3,5-6,17-19H,4,7-15H2. The molecule has 0 amide bonds. The monoisotopic (exact) mass is 304 g/mol. The van der Waals surface area contributed by atoms with Crippen molar-refractivity contribution >= 4 is 5.69 Å². The first kappa shape index (κ1) is 15.8. The molecule has 4 heteroatoms. The Morgan fingerprint density at radius 2 is 1.95 bits per heavy atom. The lowest BCUT2D eigenvalue weighted by Crippen LogP contribution is -2.40. The molecule has 1 N–H and O–H groups in total. The fraction of sp³-hybridized carbons (Fsp3) is 0.667. The number of rotatable bonds is 7. The van der Waals surface area contributed by atoms with Gasteiger partial charge < -0.3 is 19.7 Å². The highest BCUT2D eigenvalue weighted by atomic mass is 16.5. The third-order valence-corrected chi connectivity index (χ3v) is 4.61. The average molecular weight is 304 g/mol. The molecule has 1 aromatic rings. The Balaban J connectivity index is 1.27. The predicted octanol–water partition coefficient (Wildman–Crippen LogP) is 2.76. The van der Waals surface area contributed by atoms with Crippen LogP contribution in [0.4, 0.5) is 5.69 Å². The molecular formula is C18H28N2O2. The minimum atomic E-state index is 0.348. The van der Waals surface area contributed by atoms with Crippen molar-refractivity contribution in [3.8, 4) is 0 Å². The zero-order valence-corrected chi connectivity index (χ0v) is 13.4. The Labute approximate surface area is 133 Å². The summed E-state index contributed by atoms with van der Waals surface area (Å²) in [5.41, 5.74) is 1.24. The van der Waals surface area contributed by atoms with E-state index in [1.165, 1.54) is 24.9 Å². The Hall–Kier alpha value is -1.10. The number of benzene rings is 1. The third kappa shape index (κ3) is 4.97. The summed E-state index contributed by atoms with van der Waals surface area (Å²) in [6, 6.07) is 11.1. The largest absolute Gasteiger partial charge is 0.382 e. The molecule has 2 aliphatic heterocycles. The summed E-state index contributed by atoms with van der Waals surface area (Å²) >= 11 is 0. The van der Waals surface area contributed by atoms with Crippen LogP contribution in [0.25, 0.3) is 0 Å². The molecular weight excluding hydrogens is 276 g/mol. The van der Waals surface area contributed by atoms with Crippen LogP contribution in [0.2, 0.25) is 0 Å². The SMILES string of the molecule is c1ccc(NC2CCN(CCOCC3CCCO3)CC2)cc1. The van der Waals surface area contributed by atoms with Gasteiger partial charge in [-0.2, -0.15) is 0 Å². The first-order valence-electron chi connectivity index (χ1n) is 8.63. The minimum absolute atomic E-state index is 0.348. The summed E-state index contributed by atoms with van der Waals surface area (Å²) in [5, 5.41) is 3.63. The quantitative estimate of drug-likeness (QED) is 0.785. The predicted molar refractivity (Wildman–Crippen MR) is 89.3 cm³/mol. The van der Waals surface area contributed by atoms with Crippen LogP contribution in [-0.4, -0.2) is 56.5 Å². The summed E-state index contributed by atoms with van der Waals surface area (Å²) in [6.07, 6.45) is 5.12. The molecule has 2 fully saturated rings. The van der Waals surface area contributed by atoms with Crippen molar-refractivity contribution in [3.05, 3.63) is 30.3 Å². The van der Waals surface area contributed by atoms with E-state index in [2.05, 4.69) is 40.5 Å². The number of nitrogens with one attached hydrogen (secondary N) is 1. The summed E-state index contributed by atoms with van der Waals surface area (Å²) in [4.78, 5) is 2.51. The van der Waals surface area contributed by atoms with E-state index in [1.54, 1.807) is 0 Å². The molecule has 0 bridgehead atoms. The number of piperidine rings is 1. The summed E-state index contributed by atoms with van der Waals surface area (Å²) in [7, 11) is 0. The van der Waals surface area contributed by atoms with Crippen LogP contribution in [-0.2, 0) is 9.47 Å². The van der Waals surface area contributed by atoms with Gasteiger partial charge in [0.2, 0.25) is 0 Å². The number of likely N-dealkylation sites (tertiary alicyclic amines) is 1.